The van der Waals surface area contributed by atoms with Gasteiger partial charge in [0, 0.05) is 108 Å². The van der Waals surface area contributed by atoms with Crippen LogP contribution in [0.3, 0.4) is 0 Å². The minimum Gasteiger partial charge on any atom is -0.506 e. The van der Waals surface area contributed by atoms with E-state index in [9.17, 15) is 18.3 Å². The summed E-state index contributed by atoms with van der Waals surface area (Å²) >= 11 is 0. The fourth-order valence-electron chi connectivity index (χ4n) is 11.8. The zero-order valence-electron chi connectivity index (χ0n) is 42.4. The second kappa shape index (κ2) is 20.5. The number of H-pyrrole nitrogens is 1. The van der Waals surface area contributed by atoms with Gasteiger partial charge in [-0.25, -0.2) is 26.9 Å². The summed E-state index contributed by atoms with van der Waals surface area (Å²) in [6.45, 7) is 9.22. The number of amides is 1. The first kappa shape index (κ1) is 50.5. The molecule has 16 nitrogen and oxygen atoms in total. The monoisotopic (exact) mass is 1050 g/mol. The number of carbonyl (C=O) groups is 1. The number of benzene rings is 4. The van der Waals surface area contributed by atoms with E-state index in [1.165, 1.54) is 29.0 Å². The molecule has 396 valence electrons. The van der Waals surface area contributed by atoms with Gasteiger partial charge < -0.3 is 44.0 Å². The summed E-state index contributed by atoms with van der Waals surface area (Å²) in [4.78, 5) is 28.3. The van der Waals surface area contributed by atoms with E-state index in [-0.39, 0.29) is 78.4 Å². The van der Waals surface area contributed by atoms with Gasteiger partial charge in [-0.05, 0) is 84.0 Å². The second-order valence-corrected chi connectivity index (χ2v) is 22.7. The van der Waals surface area contributed by atoms with Gasteiger partial charge in [-0.1, -0.05) is 50.2 Å². The Balaban J connectivity index is 0.808. The number of sulfonamides is 1. The summed E-state index contributed by atoms with van der Waals surface area (Å²) in [6.07, 6.45) is 7.22. The van der Waals surface area contributed by atoms with Crippen LogP contribution >= 0.6 is 0 Å². The van der Waals surface area contributed by atoms with Crippen molar-refractivity contribution in [3.8, 4) is 34.5 Å². The van der Waals surface area contributed by atoms with Crippen LogP contribution in [0.2, 0.25) is 0 Å². The summed E-state index contributed by atoms with van der Waals surface area (Å²) in [5.41, 5.74) is 2.85. The molecule has 4 aromatic carbocycles. The highest BCUT2D eigenvalue weighted by atomic mass is 32.2. The number of aromatic amines is 1. The van der Waals surface area contributed by atoms with Crippen LogP contribution in [0.25, 0.3) is 11.0 Å². The maximum atomic E-state index is 16.7. The lowest BCUT2D eigenvalue weighted by Crippen LogP contribution is -2.60. The molecule has 4 aliphatic heterocycles. The summed E-state index contributed by atoms with van der Waals surface area (Å²) in [5.74, 6) is -1.60. The van der Waals surface area contributed by atoms with Crippen LogP contribution in [0.1, 0.15) is 91.4 Å². The molecule has 5 aliphatic rings. The van der Waals surface area contributed by atoms with E-state index in [0.29, 0.717) is 30.7 Å². The Bertz CT molecular complexity index is 3190. The molecular formula is C56H63F2N7O9S. The molecule has 0 bridgehead atoms. The van der Waals surface area contributed by atoms with Crippen molar-refractivity contribution in [2.75, 3.05) is 76.6 Å². The number of piperidine rings is 1. The van der Waals surface area contributed by atoms with Gasteiger partial charge in [0.2, 0.25) is 6.79 Å². The standard InChI is InChI=1S/C56H63F2N7O9S/c1-35(2)41-6-4-5-7-42(41)46-32-63(31-36-8-10-39(70-3)11-9-36)20-21-65(46)38-28-55(29-38)13-18-64(19-14-55)45-26-48(74-40-24-37-12-17-59-53(37)60-30-40)43(25-44(45)57)54(67)62-75(68,69)49-27-47(66)50(52-51(49)72-34-73-52)61-33-56(58)15-22-71-23-16-56/h4-12,17,24-27,30,35,38,46,61,66H,13-16,18-23,28-29,31-34H2,1-3H3,(H,59,60)(H,62,67)/t46-/m0/s1. The van der Waals surface area contributed by atoms with Crippen LogP contribution in [0.15, 0.2) is 96.2 Å². The molecule has 1 atom stereocenters. The van der Waals surface area contributed by atoms with Crippen molar-refractivity contribution in [2.45, 2.75) is 87.5 Å². The number of piperazine rings is 1. The zero-order valence-corrected chi connectivity index (χ0v) is 43.2. The number of hydrogen-bond acceptors (Lipinski definition) is 14. The Kier molecular flexibility index (Phi) is 13.8. The lowest BCUT2D eigenvalue weighted by molar-refractivity contribution is -0.0628. The van der Waals surface area contributed by atoms with E-state index in [4.69, 9.17) is 23.7 Å². The van der Waals surface area contributed by atoms with Crippen LogP contribution in [0.4, 0.5) is 20.2 Å². The summed E-state index contributed by atoms with van der Waals surface area (Å²) in [6, 6.07) is 24.7. The van der Waals surface area contributed by atoms with Crippen molar-refractivity contribution in [3.63, 3.8) is 0 Å². The molecule has 19 heteroatoms. The van der Waals surface area contributed by atoms with Gasteiger partial charge in [-0.15, -0.1) is 0 Å². The molecule has 4 N–H and O–H groups in total. The number of aromatic nitrogens is 2. The highest BCUT2D eigenvalue weighted by Gasteiger charge is 2.50. The fraction of sp³-hybridized carbons (Fsp3) is 0.429. The van der Waals surface area contributed by atoms with E-state index in [1.807, 2.05) is 21.8 Å². The number of phenolic OH excluding ortho intramolecular Hbond substituents is 1. The third kappa shape index (κ3) is 10.3. The number of hydrogen-bond donors (Lipinski definition) is 4. The van der Waals surface area contributed by atoms with E-state index < -0.39 is 50.4 Å². The number of nitrogens with one attached hydrogen (secondary N) is 3. The lowest BCUT2D eigenvalue weighted by atomic mass is 9.59. The number of carbonyl (C=O) groups excluding carboxylic acids is 1. The van der Waals surface area contributed by atoms with E-state index in [0.717, 1.165) is 75.1 Å². The first-order valence-corrected chi connectivity index (χ1v) is 27.3. The van der Waals surface area contributed by atoms with Gasteiger partial charge in [-0.3, -0.25) is 14.6 Å². The lowest BCUT2D eigenvalue weighted by Gasteiger charge is -2.58. The van der Waals surface area contributed by atoms with Gasteiger partial charge in [0.25, 0.3) is 15.9 Å². The molecule has 4 fully saturated rings. The van der Waals surface area contributed by atoms with Gasteiger partial charge in [-0.2, -0.15) is 0 Å². The van der Waals surface area contributed by atoms with Crippen molar-refractivity contribution in [1.29, 1.82) is 0 Å². The van der Waals surface area contributed by atoms with E-state index >= 15 is 8.78 Å². The smallest absolute Gasteiger partial charge is 0.268 e. The molecule has 1 saturated carbocycles. The molecule has 75 heavy (non-hydrogen) atoms. The summed E-state index contributed by atoms with van der Waals surface area (Å²) < 4.78 is 90.5. The molecule has 11 rings (SSSR count). The number of ether oxygens (including phenoxy) is 5. The summed E-state index contributed by atoms with van der Waals surface area (Å²) in [7, 11) is -3.15. The number of anilines is 2. The zero-order chi connectivity index (χ0) is 52.1. The van der Waals surface area contributed by atoms with Crippen molar-refractivity contribution in [1.82, 2.24) is 24.5 Å². The number of alkyl halides is 1. The predicted octanol–water partition coefficient (Wildman–Crippen LogP) is 9.42. The molecule has 1 spiro atoms. The van der Waals surface area contributed by atoms with Gasteiger partial charge in [0.15, 0.2) is 11.5 Å². The van der Waals surface area contributed by atoms with Gasteiger partial charge >= 0.3 is 0 Å². The number of rotatable bonds is 15. The Morgan fingerprint density at radius 2 is 1.71 bits per heavy atom. The average Bonchev–Trinajstić information content (AvgIpc) is 4.09. The van der Waals surface area contributed by atoms with Crippen LogP contribution in [-0.2, 0) is 21.3 Å². The van der Waals surface area contributed by atoms with Crippen molar-refractivity contribution in [2.24, 2.45) is 5.41 Å². The number of pyridine rings is 1. The van der Waals surface area contributed by atoms with Crippen molar-refractivity contribution in [3.05, 3.63) is 119 Å². The van der Waals surface area contributed by atoms with Crippen LogP contribution in [-0.4, -0.2) is 117 Å². The first-order valence-electron chi connectivity index (χ1n) is 25.8. The molecule has 2 aromatic heterocycles. The Hall–Kier alpha value is -6.67. The molecule has 6 aromatic rings. The van der Waals surface area contributed by atoms with Crippen LogP contribution < -0.4 is 33.9 Å². The van der Waals surface area contributed by atoms with Crippen molar-refractivity contribution < 1.29 is 50.8 Å². The Morgan fingerprint density at radius 3 is 2.47 bits per heavy atom. The quantitative estimate of drug-likeness (QED) is 0.0715. The number of fused-ring (bicyclic) bond motifs is 2. The van der Waals surface area contributed by atoms with E-state index in [1.54, 1.807) is 25.4 Å². The third-order valence-electron chi connectivity index (χ3n) is 16.0. The first-order chi connectivity index (χ1) is 36.2. The molecule has 1 aliphatic carbocycles. The van der Waals surface area contributed by atoms with Gasteiger partial charge in [0.1, 0.15) is 50.7 Å². The average molecular weight is 1050 g/mol. The molecule has 1 amide bonds. The molecule has 3 saturated heterocycles. The maximum absolute atomic E-state index is 16.7. The SMILES string of the molecule is COc1ccc(CN2CCN(C3CC4(CCN(c5cc(Oc6cnc7[nH]ccc7c6)c(C(=O)NS(=O)(=O)c6cc(O)c(NCC7(F)CCOCC7)c7c6OCO7)cc5F)CC4)C3)[C@H](c3ccccc3C(C)C)C2)cc1. The Morgan fingerprint density at radius 1 is 0.947 bits per heavy atom. The number of halogens is 2. The maximum Gasteiger partial charge on any atom is 0.268 e. The highest BCUT2D eigenvalue weighted by molar-refractivity contribution is 7.90. The minimum absolute atomic E-state index is 0.0640. The fourth-order valence-corrected chi connectivity index (χ4v) is 12.9. The minimum atomic E-state index is -4.84. The third-order valence-corrected chi connectivity index (χ3v) is 17.3. The van der Waals surface area contributed by atoms with E-state index in [2.05, 4.69) is 75.3 Å². The number of nitrogens with zero attached hydrogens (tertiary/aromatic N) is 4. The summed E-state index contributed by atoms with van der Waals surface area (Å²) in [5, 5.41) is 14.7. The second-order valence-electron chi connectivity index (χ2n) is 21.0. The van der Waals surface area contributed by atoms with Crippen LogP contribution in [0, 0.1) is 11.2 Å². The molecule has 0 unspecified atom stereocenters. The van der Waals surface area contributed by atoms with Crippen molar-refractivity contribution >= 4 is 38.3 Å². The molecule has 0 radical (unpaired) electrons. The number of methoxy groups -OCH3 is 1. The highest BCUT2D eigenvalue weighted by Crippen LogP contribution is 2.54. The predicted molar refractivity (Wildman–Crippen MR) is 279 cm³/mol. The Labute approximate surface area is 435 Å². The normalized spacial score (nSPS) is 19.8. The number of aromatic hydroxyl groups is 1. The van der Waals surface area contributed by atoms with Gasteiger partial charge in [0.05, 0.1) is 24.6 Å². The molecular weight excluding hydrogens is 985 g/mol. The van der Waals surface area contributed by atoms with Crippen LogP contribution in [0.5, 0.6) is 34.5 Å². The number of phenols is 1. The largest absolute Gasteiger partial charge is 0.506 e. The topological polar surface area (TPSA) is 180 Å². The molecule has 6 heterocycles.